The molecule has 0 saturated carbocycles. The van der Waals surface area contributed by atoms with Gasteiger partial charge in [-0.25, -0.2) is 0 Å². The molecule has 1 aromatic rings. The molecule has 1 saturated heterocycles. The summed E-state index contributed by atoms with van der Waals surface area (Å²) in [5, 5.41) is 1.87. The van der Waals surface area contributed by atoms with Gasteiger partial charge in [-0.05, 0) is 56.4 Å². The lowest BCUT2D eigenvalue weighted by Crippen LogP contribution is -2.46. The van der Waals surface area contributed by atoms with E-state index in [0.29, 0.717) is 39.0 Å². The summed E-state index contributed by atoms with van der Waals surface area (Å²) in [6.07, 6.45) is 1.69. The summed E-state index contributed by atoms with van der Waals surface area (Å²) < 4.78 is 6.05. The van der Waals surface area contributed by atoms with Gasteiger partial charge in [0.1, 0.15) is 5.78 Å². The Balaban J connectivity index is 2.13. The molecule has 2 rings (SSSR count). The topological polar surface area (TPSA) is 55.8 Å². The maximum Gasteiger partial charge on any atom is 0.312 e. The van der Waals surface area contributed by atoms with Crippen LogP contribution in [0.15, 0.2) is 16.6 Å². The molecule has 0 spiro atoms. The normalized spacial score (nSPS) is 17.1. The number of methoxy groups -OCH3 is 1. The summed E-state index contributed by atoms with van der Waals surface area (Å²) in [7, 11) is 1.39. The molecule has 6 heteroatoms. The molecule has 1 fully saturated rings. The van der Waals surface area contributed by atoms with E-state index in [0.717, 1.165) is 21.2 Å². The van der Waals surface area contributed by atoms with Gasteiger partial charge in [-0.3, -0.25) is 14.4 Å². The number of ether oxygens (including phenoxy) is 1. The predicted molar refractivity (Wildman–Crippen MR) is 104 cm³/mol. The highest BCUT2D eigenvalue weighted by molar-refractivity contribution is 9.10. The standard InChI is InChI=1S/C20H28BrNO4/c1-5-26-22-10-8-20(9-11-22,19(24)25-4)13-16(23)12-17-14(2)6-7-18(21)15(17)3/h6-7H,5,8-13H2,1-4H3. The minimum Gasteiger partial charge on any atom is -0.469 e. The molecule has 0 bridgehead atoms. The van der Waals surface area contributed by atoms with E-state index in [1.807, 2.05) is 38.0 Å². The minimum atomic E-state index is -0.743. The summed E-state index contributed by atoms with van der Waals surface area (Å²) in [5.41, 5.74) is 2.47. The number of piperidine rings is 1. The van der Waals surface area contributed by atoms with Crippen LogP contribution in [0.25, 0.3) is 0 Å². The number of aryl methyl sites for hydroxylation is 1. The average Bonchev–Trinajstić information content (AvgIpc) is 2.63. The SMILES string of the molecule is CCON1CCC(CC(=O)Cc2c(C)ccc(Br)c2C)(C(=O)OC)CC1. The molecule has 1 heterocycles. The zero-order chi connectivity index (χ0) is 19.3. The Morgan fingerprint density at radius 1 is 1.23 bits per heavy atom. The first kappa shape index (κ1) is 21.1. The van der Waals surface area contributed by atoms with Crippen LogP contribution in [0.5, 0.6) is 0 Å². The van der Waals surface area contributed by atoms with Crippen LogP contribution in [0.2, 0.25) is 0 Å². The zero-order valence-corrected chi connectivity index (χ0v) is 17.6. The molecule has 0 radical (unpaired) electrons. The molecule has 0 unspecified atom stereocenters. The number of carbonyl (C=O) groups excluding carboxylic acids is 2. The lowest BCUT2D eigenvalue weighted by molar-refractivity contribution is -0.190. The Labute approximate surface area is 164 Å². The first-order valence-electron chi connectivity index (χ1n) is 9.05. The molecular weight excluding hydrogens is 398 g/mol. The first-order chi connectivity index (χ1) is 12.3. The number of ketones is 1. The number of rotatable bonds is 7. The monoisotopic (exact) mass is 425 g/mol. The third-order valence-corrected chi connectivity index (χ3v) is 6.14. The van der Waals surface area contributed by atoms with Gasteiger partial charge in [0.2, 0.25) is 0 Å². The van der Waals surface area contributed by atoms with Crippen LogP contribution in [0, 0.1) is 19.3 Å². The number of hydrogen-bond donors (Lipinski definition) is 0. The maximum atomic E-state index is 12.9. The van der Waals surface area contributed by atoms with Crippen LogP contribution < -0.4 is 0 Å². The molecule has 1 aromatic carbocycles. The van der Waals surface area contributed by atoms with E-state index >= 15 is 0 Å². The molecule has 5 nitrogen and oxygen atoms in total. The maximum absolute atomic E-state index is 12.9. The second-order valence-electron chi connectivity index (χ2n) is 6.98. The molecule has 0 atom stereocenters. The Morgan fingerprint density at radius 3 is 2.46 bits per heavy atom. The lowest BCUT2D eigenvalue weighted by Gasteiger charge is -2.38. The number of hydrogen-bond acceptors (Lipinski definition) is 5. The third-order valence-electron chi connectivity index (χ3n) is 5.29. The largest absolute Gasteiger partial charge is 0.469 e. The Morgan fingerprint density at radius 2 is 1.88 bits per heavy atom. The van der Waals surface area contributed by atoms with Gasteiger partial charge in [-0.15, -0.1) is 0 Å². The van der Waals surface area contributed by atoms with Crippen molar-refractivity contribution in [2.75, 3.05) is 26.8 Å². The van der Waals surface area contributed by atoms with Crippen LogP contribution >= 0.6 is 15.9 Å². The summed E-state index contributed by atoms with van der Waals surface area (Å²) in [4.78, 5) is 30.9. The van der Waals surface area contributed by atoms with E-state index in [1.54, 1.807) is 0 Å². The third kappa shape index (κ3) is 4.72. The van der Waals surface area contributed by atoms with Gasteiger partial charge in [0.05, 0.1) is 19.1 Å². The van der Waals surface area contributed by atoms with E-state index in [-0.39, 0.29) is 18.2 Å². The smallest absolute Gasteiger partial charge is 0.312 e. The zero-order valence-electron chi connectivity index (χ0n) is 16.1. The Hall–Kier alpha value is -1.24. The van der Waals surface area contributed by atoms with Crippen molar-refractivity contribution in [3.05, 3.63) is 33.3 Å². The van der Waals surface area contributed by atoms with Crippen LogP contribution in [0.4, 0.5) is 0 Å². The minimum absolute atomic E-state index is 0.0737. The van der Waals surface area contributed by atoms with Crippen LogP contribution in [0.3, 0.4) is 0 Å². The number of hydroxylamine groups is 2. The fourth-order valence-electron chi connectivity index (χ4n) is 3.67. The fourth-order valence-corrected chi connectivity index (χ4v) is 4.04. The quantitative estimate of drug-likeness (QED) is 0.622. The van der Waals surface area contributed by atoms with Gasteiger partial charge in [-0.1, -0.05) is 22.0 Å². The Bertz CT molecular complexity index is 666. The molecular formula is C20H28BrNO4. The molecule has 0 aliphatic carbocycles. The molecule has 1 aliphatic heterocycles. The van der Waals surface area contributed by atoms with Gasteiger partial charge in [-0.2, -0.15) is 5.06 Å². The molecule has 1 aliphatic rings. The van der Waals surface area contributed by atoms with Gasteiger partial charge < -0.3 is 4.74 Å². The van der Waals surface area contributed by atoms with E-state index < -0.39 is 5.41 Å². The van der Waals surface area contributed by atoms with Gasteiger partial charge in [0.15, 0.2) is 0 Å². The highest BCUT2D eigenvalue weighted by atomic mass is 79.9. The molecule has 144 valence electrons. The Kier molecular flexibility index (Phi) is 7.38. The van der Waals surface area contributed by atoms with Crippen LogP contribution in [-0.2, 0) is 25.6 Å². The van der Waals surface area contributed by atoms with Gasteiger partial charge >= 0.3 is 5.97 Å². The second kappa shape index (κ2) is 9.11. The summed E-state index contributed by atoms with van der Waals surface area (Å²) in [6, 6.07) is 4.01. The van der Waals surface area contributed by atoms with E-state index in [2.05, 4.69) is 15.9 Å². The molecule has 0 amide bonds. The average molecular weight is 426 g/mol. The fraction of sp³-hybridized carbons (Fsp3) is 0.600. The summed E-state index contributed by atoms with van der Waals surface area (Å²) in [5.74, 6) is -0.214. The number of esters is 1. The van der Waals surface area contributed by atoms with Crippen molar-refractivity contribution < 1.29 is 19.2 Å². The van der Waals surface area contributed by atoms with Crippen LogP contribution in [0.1, 0.15) is 42.9 Å². The summed E-state index contributed by atoms with van der Waals surface area (Å²) >= 11 is 3.53. The van der Waals surface area contributed by atoms with Crippen molar-refractivity contribution in [1.82, 2.24) is 5.06 Å². The van der Waals surface area contributed by atoms with E-state index in [4.69, 9.17) is 9.57 Å². The van der Waals surface area contributed by atoms with Gasteiger partial charge in [0.25, 0.3) is 0 Å². The van der Waals surface area contributed by atoms with Crippen LogP contribution in [-0.4, -0.2) is 43.6 Å². The van der Waals surface area contributed by atoms with Crippen molar-refractivity contribution in [3.63, 3.8) is 0 Å². The second-order valence-corrected chi connectivity index (χ2v) is 7.83. The predicted octanol–water partition coefficient (Wildman–Crippen LogP) is 3.77. The number of Topliss-reactive ketones (excluding diaryl/α,β-unsaturated/α-hetero) is 1. The number of nitrogens with zero attached hydrogens (tertiary/aromatic N) is 1. The summed E-state index contributed by atoms with van der Waals surface area (Å²) in [6.45, 7) is 7.82. The van der Waals surface area contributed by atoms with Crippen molar-refractivity contribution >= 4 is 27.7 Å². The van der Waals surface area contributed by atoms with Crippen molar-refractivity contribution in [2.45, 2.75) is 46.5 Å². The molecule has 26 heavy (non-hydrogen) atoms. The highest BCUT2D eigenvalue weighted by Gasteiger charge is 2.44. The van der Waals surface area contributed by atoms with E-state index in [9.17, 15) is 9.59 Å². The molecule has 0 N–H and O–H groups in total. The highest BCUT2D eigenvalue weighted by Crippen LogP contribution is 2.37. The van der Waals surface area contributed by atoms with Gasteiger partial charge in [0, 0.05) is 30.4 Å². The number of benzene rings is 1. The molecule has 0 aromatic heterocycles. The first-order valence-corrected chi connectivity index (χ1v) is 9.85. The van der Waals surface area contributed by atoms with Crippen molar-refractivity contribution in [2.24, 2.45) is 5.41 Å². The lowest BCUT2D eigenvalue weighted by atomic mass is 9.74. The number of halogens is 1. The van der Waals surface area contributed by atoms with E-state index in [1.165, 1.54) is 7.11 Å². The number of carbonyl (C=O) groups is 2. The van der Waals surface area contributed by atoms with Crippen molar-refractivity contribution in [1.29, 1.82) is 0 Å². The van der Waals surface area contributed by atoms with Crippen molar-refractivity contribution in [3.8, 4) is 0 Å².